The number of hydrogen-bond acceptors (Lipinski definition) is 7. The second-order valence-electron chi connectivity index (χ2n) is 29.1. The number of phosphoric ester groups is 1. The standard InChI is InChI=1S/C85H158NO8P/c1-6-8-10-12-14-16-18-20-22-24-26-28-30-32-34-36-38-40-41-42-43-44-45-46-48-50-52-54-56-58-60-62-64-66-68-70-72-74-76-78-85(88)94-83(82-93-95(89,90)92-80-79-86(3,4)5)81-91-84(87)77-75-73-71-69-67-65-63-61-59-57-55-53-51-49-47-39-37-35-33-31-29-27-25-23-21-19-17-15-13-11-9-7-2/h8,10,14,16,20,22,26,28,32,34,38,40,83H,6-7,9,11-13,15,17-19,21,23-25,27,29-31,33,35-37,39,41-82H2,1-5H3/p+1/b10-8-,16-14-,22-20-,28-26-,34-32-,40-38-. The van der Waals surface area contributed by atoms with E-state index in [0.29, 0.717) is 23.9 Å². The summed E-state index contributed by atoms with van der Waals surface area (Å²) in [6, 6.07) is 0. The molecule has 0 aliphatic heterocycles. The number of rotatable bonds is 77. The molecule has 0 radical (unpaired) electrons. The lowest BCUT2D eigenvalue weighted by Crippen LogP contribution is -2.37. The minimum atomic E-state index is -4.39. The van der Waals surface area contributed by atoms with Gasteiger partial charge in [0, 0.05) is 12.8 Å². The second-order valence-corrected chi connectivity index (χ2v) is 30.6. The first kappa shape index (κ1) is 92.4. The number of ether oxygens (including phenoxy) is 2. The second kappa shape index (κ2) is 75.6. The van der Waals surface area contributed by atoms with Crippen molar-refractivity contribution in [3.05, 3.63) is 72.9 Å². The van der Waals surface area contributed by atoms with Crippen LogP contribution in [-0.2, 0) is 32.7 Å². The largest absolute Gasteiger partial charge is 0.472 e. The predicted molar refractivity (Wildman–Crippen MR) is 413 cm³/mol. The van der Waals surface area contributed by atoms with Crippen LogP contribution in [0.3, 0.4) is 0 Å². The highest BCUT2D eigenvalue weighted by molar-refractivity contribution is 7.47. The van der Waals surface area contributed by atoms with Gasteiger partial charge < -0.3 is 18.9 Å². The van der Waals surface area contributed by atoms with E-state index in [-0.39, 0.29) is 25.6 Å². The molecule has 95 heavy (non-hydrogen) atoms. The number of allylic oxidation sites excluding steroid dienone is 12. The lowest BCUT2D eigenvalue weighted by Gasteiger charge is -2.24. The SMILES string of the molecule is CC/C=C\C/C=C\C/C=C\C/C=C\C/C=C\C/C=C\CCCCCCCCCCCCCCCCCCCCCCC(=O)OC(COC(=O)CCCCCCCCCCCCCCCCCCCCCCCCCCCCCCCCCC)COP(=O)(O)OCC[N+](C)(C)C. The Hall–Kier alpha value is -2.55. The molecular formula is C85H159NO8P+. The number of esters is 2. The Morgan fingerprint density at radius 1 is 0.337 bits per heavy atom. The van der Waals surface area contributed by atoms with Crippen LogP contribution >= 0.6 is 7.82 Å². The topological polar surface area (TPSA) is 108 Å². The van der Waals surface area contributed by atoms with Gasteiger partial charge in [0.2, 0.25) is 0 Å². The fourth-order valence-corrected chi connectivity index (χ4v) is 13.0. The molecule has 2 atom stereocenters. The maximum atomic E-state index is 12.9. The van der Waals surface area contributed by atoms with Gasteiger partial charge in [-0.2, -0.15) is 0 Å². The van der Waals surface area contributed by atoms with Crippen molar-refractivity contribution in [2.75, 3.05) is 47.5 Å². The average molecular weight is 1350 g/mol. The lowest BCUT2D eigenvalue weighted by molar-refractivity contribution is -0.870. The van der Waals surface area contributed by atoms with E-state index in [9.17, 15) is 19.0 Å². The van der Waals surface area contributed by atoms with Crippen LogP contribution in [0.15, 0.2) is 72.9 Å². The molecule has 9 nitrogen and oxygen atoms in total. The average Bonchev–Trinajstić information content (AvgIpc) is 2.18. The van der Waals surface area contributed by atoms with Crippen molar-refractivity contribution in [1.82, 2.24) is 0 Å². The quantitative estimate of drug-likeness (QED) is 0.0211. The molecular weight excluding hydrogens is 1190 g/mol. The molecule has 0 bridgehead atoms. The van der Waals surface area contributed by atoms with Gasteiger partial charge in [0.05, 0.1) is 27.7 Å². The highest BCUT2D eigenvalue weighted by Gasteiger charge is 2.27. The number of carbonyl (C=O) groups is 2. The molecule has 0 aromatic carbocycles. The van der Waals surface area contributed by atoms with E-state index in [2.05, 4.69) is 86.8 Å². The molecule has 0 aromatic heterocycles. The first-order valence-electron chi connectivity index (χ1n) is 41.2. The summed E-state index contributed by atoms with van der Waals surface area (Å²) < 4.78 is 34.9. The summed E-state index contributed by atoms with van der Waals surface area (Å²) in [4.78, 5) is 36.0. The number of phosphoric acid groups is 1. The third kappa shape index (κ3) is 80.3. The molecule has 556 valence electrons. The van der Waals surface area contributed by atoms with Crippen LogP contribution in [0.25, 0.3) is 0 Å². The summed E-state index contributed by atoms with van der Waals surface area (Å²) in [7, 11) is 1.50. The number of unbranched alkanes of at least 4 members (excludes halogenated alkanes) is 51. The van der Waals surface area contributed by atoms with Gasteiger partial charge in [-0.3, -0.25) is 18.6 Å². The summed E-state index contributed by atoms with van der Waals surface area (Å²) in [5, 5.41) is 0. The highest BCUT2D eigenvalue weighted by atomic mass is 31.2. The number of likely N-dealkylation sites (N-methyl/N-ethyl adjacent to an activating group) is 1. The fourth-order valence-electron chi connectivity index (χ4n) is 12.3. The van der Waals surface area contributed by atoms with Gasteiger partial charge in [-0.25, -0.2) is 4.57 Å². The Morgan fingerprint density at radius 2 is 0.600 bits per heavy atom. The third-order valence-electron chi connectivity index (χ3n) is 18.5. The van der Waals surface area contributed by atoms with Crippen molar-refractivity contribution in [2.24, 2.45) is 0 Å². The monoisotopic (exact) mass is 1350 g/mol. The summed E-state index contributed by atoms with van der Waals surface area (Å²) in [5.41, 5.74) is 0. The third-order valence-corrected chi connectivity index (χ3v) is 19.5. The first-order chi connectivity index (χ1) is 46.5. The maximum absolute atomic E-state index is 12.9. The first-order valence-corrected chi connectivity index (χ1v) is 42.7. The van der Waals surface area contributed by atoms with Crippen LogP contribution in [0.5, 0.6) is 0 Å². The molecule has 1 N–H and O–H groups in total. The molecule has 0 saturated heterocycles. The van der Waals surface area contributed by atoms with Gasteiger partial charge in [0.1, 0.15) is 19.8 Å². The van der Waals surface area contributed by atoms with Crippen molar-refractivity contribution >= 4 is 19.8 Å². The zero-order valence-electron chi connectivity index (χ0n) is 63.7. The van der Waals surface area contributed by atoms with E-state index in [1.165, 1.54) is 302 Å². The normalized spacial score (nSPS) is 13.4. The molecule has 0 rings (SSSR count). The van der Waals surface area contributed by atoms with Gasteiger partial charge >= 0.3 is 19.8 Å². The molecule has 0 aliphatic rings. The van der Waals surface area contributed by atoms with Gasteiger partial charge in [-0.1, -0.05) is 401 Å². The summed E-state index contributed by atoms with van der Waals surface area (Å²) in [5.74, 6) is -0.774. The molecule has 10 heteroatoms. The molecule has 2 unspecified atom stereocenters. The van der Waals surface area contributed by atoms with E-state index < -0.39 is 26.5 Å². The van der Waals surface area contributed by atoms with Crippen molar-refractivity contribution in [1.29, 1.82) is 0 Å². The molecule has 0 heterocycles. The van der Waals surface area contributed by atoms with Gasteiger partial charge in [-0.15, -0.1) is 0 Å². The van der Waals surface area contributed by atoms with Crippen LogP contribution in [0.1, 0.15) is 406 Å². The van der Waals surface area contributed by atoms with Crippen LogP contribution in [-0.4, -0.2) is 74.9 Å². The molecule has 0 aliphatic carbocycles. The highest BCUT2D eigenvalue weighted by Crippen LogP contribution is 2.43. The van der Waals surface area contributed by atoms with Crippen molar-refractivity contribution in [2.45, 2.75) is 412 Å². The van der Waals surface area contributed by atoms with E-state index in [4.69, 9.17) is 18.5 Å². The van der Waals surface area contributed by atoms with E-state index >= 15 is 0 Å². The van der Waals surface area contributed by atoms with E-state index in [1.54, 1.807) is 0 Å². The Kier molecular flexibility index (Phi) is 73.6. The van der Waals surface area contributed by atoms with Gasteiger partial charge in [0.25, 0.3) is 0 Å². The summed E-state index contributed by atoms with van der Waals surface area (Å²) in [6.45, 7) is 4.39. The van der Waals surface area contributed by atoms with Crippen LogP contribution in [0, 0.1) is 0 Å². The lowest BCUT2D eigenvalue weighted by atomic mass is 10.0. The van der Waals surface area contributed by atoms with Crippen molar-refractivity contribution in [3.8, 4) is 0 Å². The molecule has 0 aromatic rings. The number of nitrogens with zero attached hydrogens (tertiary/aromatic N) is 1. The van der Waals surface area contributed by atoms with E-state index in [1.807, 2.05) is 21.1 Å². The maximum Gasteiger partial charge on any atom is 0.472 e. The molecule has 0 spiro atoms. The van der Waals surface area contributed by atoms with Crippen molar-refractivity contribution < 1.29 is 42.1 Å². The van der Waals surface area contributed by atoms with Crippen LogP contribution < -0.4 is 0 Å². The summed E-state index contributed by atoms with van der Waals surface area (Å²) in [6.07, 6.45) is 103. The number of hydrogen-bond donors (Lipinski definition) is 1. The molecule has 0 fully saturated rings. The fraction of sp³-hybridized carbons (Fsp3) is 0.835. The minimum Gasteiger partial charge on any atom is -0.462 e. The predicted octanol–water partition coefficient (Wildman–Crippen LogP) is 27.5. The smallest absolute Gasteiger partial charge is 0.462 e. The zero-order valence-corrected chi connectivity index (χ0v) is 64.6. The number of quaternary nitrogens is 1. The molecule has 0 amide bonds. The van der Waals surface area contributed by atoms with Gasteiger partial charge in [-0.05, 0) is 64.2 Å². The Labute approximate surface area is 590 Å². The summed E-state index contributed by atoms with van der Waals surface area (Å²) >= 11 is 0. The Bertz CT molecular complexity index is 1830. The van der Waals surface area contributed by atoms with E-state index in [0.717, 1.165) is 70.6 Å². The van der Waals surface area contributed by atoms with Crippen molar-refractivity contribution in [3.63, 3.8) is 0 Å². The Morgan fingerprint density at radius 3 is 0.895 bits per heavy atom. The zero-order chi connectivity index (χ0) is 69.0. The van der Waals surface area contributed by atoms with Crippen LogP contribution in [0.4, 0.5) is 0 Å². The number of carbonyl (C=O) groups excluding carboxylic acids is 2. The molecule has 0 saturated carbocycles. The van der Waals surface area contributed by atoms with Gasteiger partial charge in [0.15, 0.2) is 6.10 Å². The van der Waals surface area contributed by atoms with Crippen LogP contribution in [0.2, 0.25) is 0 Å². The minimum absolute atomic E-state index is 0.0338. The Balaban J connectivity index is 3.91.